The minimum atomic E-state index is -0.227. The SMILES string of the molecule is Cc1cc(F)ccc1CC(N)COc1cccc(Cl)c1. The standard InChI is InChI=1S/C16H17ClFNO/c1-11-7-14(18)6-5-12(11)8-15(19)10-20-16-4-2-3-13(17)9-16/h2-7,9,15H,8,10,19H2,1H3. The second kappa shape index (κ2) is 6.73. The molecule has 0 bridgehead atoms. The Bertz CT molecular complexity index is 588. The van der Waals surface area contributed by atoms with Gasteiger partial charge in [0.2, 0.25) is 0 Å². The molecule has 20 heavy (non-hydrogen) atoms. The Morgan fingerprint density at radius 3 is 2.75 bits per heavy atom. The van der Waals surface area contributed by atoms with Gasteiger partial charge in [-0.1, -0.05) is 23.7 Å². The molecule has 2 nitrogen and oxygen atoms in total. The zero-order chi connectivity index (χ0) is 14.5. The lowest BCUT2D eigenvalue weighted by molar-refractivity contribution is 0.287. The zero-order valence-electron chi connectivity index (χ0n) is 11.3. The van der Waals surface area contributed by atoms with Crippen LogP contribution in [0.4, 0.5) is 4.39 Å². The fourth-order valence-corrected chi connectivity index (χ4v) is 2.17. The average Bonchev–Trinajstić information content (AvgIpc) is 2.40. The predicted octanol–water partition coefficient (Wildman–Crippen LogP) is 3.74. The Hall–Kier alpha value is -1.58. The Labute approximate surface area is 123 Å². The highest BCUT2D eigenvalue weighted by atomic mass is 35.5. The van der Waals surface area contributed by atoms with E-state index in [0.29, 0.717) is 23.8 Å². The van der Waals surface area contributed by atoms with Crippen molar-refractivity contribution in [2.75, 3.05) is 6.61 Å². The maximum absolute atomic E-state index is 13.0. The number of rotatable bonds is 5. The monoisotopic (exact) mass is 293 g/mol. The maximum Gasteiger partial charge on any atom is 0.123 e. The summed E-state index contributed by atoms with van der Waals surface area (Å²) < 4.78 is 18.6. The first-order chi connectivity index (χ1) is 9.54. The van der Waals surface area contributed by atoms with E-state index in [1.807, 2.05) is 19.1 Å². The van der Waals surface area contributed by atoms with Crippen molar-refractivity contribution in [3.8, 4) is 5.75 Å². The summed E-state index contributed by atoms with van der Waals surface area (Å²) in [6.07, 6.45) is 0.646. The summed E-state index contributed by atoms with van der Waals surface area (Å²) in [5.74, 6) is 0.471. The molecule has 1 unspecified atom stereocenters. The van der Waals surface area contributed by atoms with Gasteiger partial charge in [-0.2, -0.15) is 0 Å². The number of nitrogens with two attached hydrogens (primary N) is 1. The van der Waals surface area contributed by atoms with E-state index in [9.17, 15) is 4.39 Å². The molecule has 0 radical (unpaired) electrons. The number of ether oxygens (including phenoxy) is 1. The fourth-order valence-electron chi connectivity index (χ4n) is 1.99. The zero-order valence-corrected chi connectivity index (χ0v) is 12.0. The second-order valence-corrected chi connectivity index (χ2v) is 5.24. The normalized spacial score (nSPS) is 12.2. The average molecular weight is 294 g/mol. The van der Waals surface area contributed by atoms with Gasteiger partial charge in [-0.15, -0.1) is 0 Å². The number of aryl methyl sites for hydroxylation is 1. The topological polar surface area (TPSA) is 35.2 Å². The van der Waals surface area contributed by atoms with Crippen molar-refractivity contribution in [1.82, 2.24) is 0 Å². The van der Waals surface area contributed by atoms with E-state index < -0.39 is 0 Å². The lowest BCUT2D eigenvalue weighted by Crippen LogP contribution is -2.30. The van der Waals surface area contributed by atoms with Gasteiger partial charge in [0.15, 0.2) is 0 Å². The van der Waals surface area contributed by atoms with Gasteiger partial charge in [0.25, 0.3) is 0 Å². The van der Waals surface area contributed by atoms with E-state index in [-0.39, 0.29) is 11.9 Å². The van der Waals surface area contributed by atoms with Gasteiger partial charge < -0.3 is 10.5 Å². The third kappa shape index (κ3) is 4.22. The molecule has 0 saturated carbocycles. The van der Waals surface area contributed by atoms with Crippen molar-refractivity contribution in [2.45, 2.75) is 19.4 Å². The van der Waals surface area contributed by atoms with Crippen LogP contribution in [0.3, 0.4) is 0 Å². The second-order valence-electron chi connectivity index (χ2n) is 4.80. The summed E-state index contributed by atoms with van der Waals surface area (Å²) in [5.41, 5.74) is 7.99. The molecule has 2 N–H and O–H groups in total. The fraction of sp³-hybridized carbons (Fsp3) is 0.250. The van der Waals surface area contributed by atoms with Crippen LogP contribution in [0.25, 0.3) is 0 Å². The molecule has 1 atom stereocenters. The lowest BCUT2D eigenvalue weighted by atomic mass is 10.0. The number of hydrogen-bond donors (Lipinski definition) is 1. The maximum atomic E-state index is 13.0. The van der Waals surface area contributed by atoms with E-state index in [1.165, 1.54) is 12.1 Å². The summed E-state index contributed by atoms with van der Waals surface area (Å²) in [6, 6.07) is 11.8. The van der Waals surface area contributed by atoms with E-state index in [0.717, 1.165) is 11.1 Å². The molecule has 0 fully saturated rings. The summed E-state index contributed by atoms with van der Waals surface area (Å²) in [5, 5.41) is 0.630. The van der Waals surface area contributed by atoms with Crippen LogP contribution in [0.2, 0.25) is 5.02 Å². The van der Waals surface area contributed by atoms with Gasteiger partial charge in [0.1, 0.15) is 18.2 Å². The summed E-state index contributed by atoms with van der Waals surface area (Å²) in [4.78, 5) is 0. The molecule has 2 aromatic rings. The van der Waals surface area contributed by atoms with Gasteiger partial charge in [0.05, 0.1) is 0 Å². The molecular formula is C16H17ClFNO. The molecule has 2 aromatic carbocycles. The third-order valence-electron chi connectivity index (χ3n) is 3.05. The van der Waals surface area contributed by atoms with E-state index in [1.54, 1.807) is 18.2 Å². The third-order valence-corrected chi connectivity index (χ3v) is 3.28. The molecule has 0 amide bonds. The smallest absolute Gasteiger partial charge is 0.123 e. The minimum Gasteiger partial charge on any atom is -0.492 e. The van der Waals surface area contributed by atoms with Crippen LogP contribution in [0.15, 0.2) is 42.5 Å². The van der Waals surface area contributed by atoms with Crippen molar-refractivity contribution < 1.29 is 9.13 Å². The van der Waals surface area contributed by atoms with Gasteiger partial charge in [-0.3, -0.25) is 0 Å². The molecule has 0 aliphatic rings. The van der Waals surface area contributed by atoms with E-state index in [2.05, 4.69) is 0 Å². The quantitative estimate of drug-likeness (QED) is 0.911. The lowest BCUT2D eigenvalue weighted by Gasteiger charge is -2.15. The predicted molar refractivity (Wildman–Crippen MR) is 79.8 cm³/mol. The molecule has 0 aromatic heterocycles. The summed E-state index contributed by atoms with van der Waals surface area (Å²) in [6.45, 7) is 2.26. The highest BCUT2D eigenvalue weighted by Gasteiger charge is 2.08. The van der Waals surface area contributed by atoms with Crippen molar-refractivity contribution in [3.05, 3.63) is 64.4 Å². The largest absolute Gasteiger partial charge is 0.492 e. The van der Waals surface area contributed by atoms with Gasteiger partial charge in [0, 0.05) is 11.1 Å². The molecule has 0 aliphatic carbocycles. The van der Waals surface area contributed by atoms with Gasteiger partial charge >= 0.3 is 0 Å². The van der Waals surface area contributed by atoms with Gasteiger partial charge in [-0.25, -0.2) is 4.39 Å². The molecule has 106 valence electrons. The molecule has 0 heterocycles. The number of benzene rings is 2. The van der Waals surface area contributed by atoms with Crippen molar-refractivity contribution in [2.24, 2.45) is 5.73 Å². The van der Waals surface area contributed by atoms with Crippen LogP contribution in [-0.2, 0) is 6.42 Å². The van der Waals surface area contributed by atoms with E-state index in [4.69, 9.17) is 22.1 Å². The van der Waals surface area contributed by atoms with Crippen LogP contribution in [-0.4, -0.2) is 12.6 Å². The Morgan fingerprint density at radius 2 is 2.05 bits per heavy atom. The van der Waals surface area contributed by atoms with Crippen LogP contribution in [0, 0.1) is 12.7 Å². The van der Waals surface area contributed by atoms with Crippen molar-refractivity contribution in [1.29, 1.82) is 0 Å². The Morgan fingerprint density at radius 1 is 1.25 bits per heavy atom. The van der Waals surface area contributed by atoms with Crippen LogP contribution < -0.4 is 10.5 Å². The van der Waals surface area contributed by atoms with Crippen molar-refractivity contribution in [3.63, 3.8) is 0 Å². The highest BCUT2D eigenvalue weighted by molar-refractivity contribution is 6.30. The van der Waals surface area contributed by atoms with Gasteiger partial charge in [-0.05, 0) is 54.8 Å². The molecule has 0 spiro atoms. The first kappa shape index (κ1) is 14.8. The summed E-state index contributed by atoms with van der Waals surface area (Å²) in [7, 11) is 0. The first-order valence-corrected chi connectivity index (χ1v) is 6.81. The van der Waals surface area contributed by atoms with Crippen LogP contribution in [0.5, 0.6) is 5.75 Å². The molecule has 4 heteroatoms. The summed E-state index contributed by atoms with van der Waals surface area (Å²) >= 11 is 5.88. The van der Waals surface area contributed by atoms with Crippen molar-refractivity contribution >= 4 is 11.6 Å². The Balaban J connectivity index is 1.90. The molecule has 2 rings (SSSR count). The number of halogens is 2. The minimum absolute atomic E-state index is 0.154. The first-order valence-electron chi connectivity index (χ1n) is 6.43. The van der Waals surface area contributed by atoms with E-state index >= 15 is 0 Å². The number of hydrogen-bond acceptors (Lipinski definition) is 2. The van der Waals surface area contributed by atoms with Crippen LogP contribution in [0.1, 0.15) is 11.1 Å². The van der Waals surface area contributed by atoms with Crippen LogP contribution >= 0.6 is 11.6 Å². The Kier molecular flexibility index (Phi) is 4.99. The molecule has 0 aliphatic heterocycles. The highest BCUT2D eigenvalue weighted by Crippen LogP contribution is 2.18. The molecule has 0 saturated heterocycles. The molecular weight excluding hydrogens is 277 g/mol.